The number of hydrogen-bond acceptors (Lipinski definition) is 0. The molecule has 0 aliphatic heterocycles. The van der Waals surface area contributed by atoms with Crippen LogP contribution >= 0.6 is 0 Å². The third-order valence-electron chi connectivity index (χ3n) is 4.21. The number of fused-ring (bicyclic) bond motifs is 5. The predicted octanol–water partition coefficient (Wildman–Crippen LogP) is 5.71. The zero-order valence-electron chi connectivity index (χ0n) is 11.6. The largest absolute Gasteiger partial charge is 0.0616 e. The Morgan fingerprint density at radius 1 is 0.600 bits per heavy atom. The Balaban J connectivity index is 2.17. The van der Waals surface area contributed by atoms with Gasteiger partial charge < -0.3 is 0 Å². The normalized spacial score (nSPS) is 11.4. The quantitative estimate of drug-likeness (QED) is 0.383. The van der Waals surface area contributed by atoms with Crippen LogP contribution in [0.2, 0.25) is 0 Å². The zero-order chi connectivity index (χ0) is 13.5. The Morgan fingerprint density at radius 2 is 1.25 bits per heavy atom. The van der Waals surface area contributed by atoms with Crippen molar-refractivity contribution in [3.05, 3.63) is 72.3 Å². The minimum Gasteiger partial charge on any atom is -0.0616 e. The molecule has 0 spiro atoms. The van der Waals surface area contributed by atoms with Crippen molar-refractivity contribution in [3.63, 3.8) is 0 Å². The highest BCUT2D eigenvalue weighted by molar-refractivity contribution is 6.17. The Morgan fingerprint density at radius 3 is 2.05 bits per heavy atom. The molecule has 0 nitrogen and oxygen atoms in total. The Labute approximate surface area is 118 Å². The van der Waals surface area contributed by atoms with Gasteiger partial charge in [0.1, 0.15) is 0 Å². The van der Waals surface area contributed by atoms with Crippen molar-refractivity contribution in [1.82, 2.24) is 0 Å². The minimum atomic E-state index is 1.09. The lowest BCUT2D eigenvalue weighted by Gasteiger charge is -2.08. The Kier molecular flexibility index (Phi) is 2.50. The van der Waals surface area contributed by atoms with Gasteiger partial charge in [-0.2, -0.15) is 0 Å². The van der Waals surface area contributed by atoms with Crippen LogP contribution in [0.4, 0.5) is 0 Å². The fourth-order valence-electron chi connectivity index (χ4n) is 3.10. The average molecular weight is 256 g/mol. The van der Waals surface area contributed by atoms with E-state index in [1.165, 1.54) is 37.9 Å². The van der Waals surface area contributed by atoms with Crippen LogP contribution in [0.5, 0.6) is 0 Å². The lowest BCUT2D eigenvalue weighted by molar-refractivity contribution is 1.15. The van der Waals surface area contributed by atoms with Gasteiger partial charge in [-0.25, -0.2) is 0 Å². The van der Waals surface area contributed by atoms with E-state index >= 15 is 0 Å². The van der Waals surface area contributed by atoms with Crippen LogP contribution in [0, 0.1) is 0 Å². The minimum absolute atomic E-state index is 1.09. The van der Waals surface area contributed by atoms with E-state index in [0.717, 1.165) is 6.42 Å². The molecule has 0 amide bonds. The first-order valence-electron chi connectivity index (χ1n) is 7.20. The van der Waals surface area contributed by atoms with Gasteiger partial charge >= 0.3 is 0 Å². The second kappa shape index (κ2) is 4.35. The highest BCUT2D eigenvalue weighted by atomic mass is 14.1. The summed E-state index contributed by atoms with van der Waals surface area (Å²) in [6, 6.07) is 24.4. The van der Waals surface area contributed by atoms with Gasteiger partial charge in [-0.05, 0) is 44.3 Å². The molecule has 0 aromatic heterocycles. The molecule has 0 bridgehead atoms. The van der Waals surface area contributed by atoms with Crippen molar-refractivity contribution >= 4 is 32.3 Å². The Hall–Kier alpha value is -2.34. The van der Waals surface area contributed by atoms with Gasteiger partial charge in [-0.3, -0.25) is 0 Å². The third kappa shape index (κ3) is 1.61. The van der Waals surface area contributed by atoms with Crippen LogP contribution in [-0.2, 0) is 6.42 Å². The topological polar surface area (TPSA) is 0 Å². The number of rotatable bonds is 1. The van der Waals surface area contributed by atoms with Crippen molar-refractivity contribution in [2.45, 2.75) is 13.3 Å². The summed E-state index contributed by atoms with van der Waals surface area (Å²) < 4.78 is 0. The van der Waals surface area contributed by atoms with Gasteiger partial charge in [-0.1, -0.05) is 73.7 Å². The summed E-state index contributed by atoms with van der Waals surface area (Å²) >= 11 is 0. The van der Waals surface area contributed by atoms with Gasteiger partial charge in [-0.15, -0.1) is 0 Å². The molecule has 0 N–H and O–H groups in total. The molecule has 0 radical (unpaired) electrons. The fourth-order valence-corrected chi connectivity index (χ4v) is 3.10. The average Bonchev–Trinajstić information content (AvgIpc) is 2.53. The van der Waals surface area contributed by atoms with Crippen LogP contribution in [-0.4, -0.2) is 0 Å². The van der Waals surface area contributed by atoms with Crippen molar-refractivity contribution in [2.75, 3.05) is 0 Å². The van der Waals surface area contributed by atoms with Crippen LogP contribution < -0.4 is 0 Å². The predicted molar refractivity (Wildman–Crippen MR) is 88.3 cm³/mol. The third-order valence-corrected chi connectivity index (χ3v) is 4.21. The monoisotopic (exact) mass is 256 g/mol. The zero-order valence-corrected chi connectivity index (χ0v) is 11.6. The summed E-state index contributed by atoms with van der Waals surface area (Å²) in [5, 5.41) is 8.04. The standard InChI is InChI=1S/C20H16/c1-2-14-7-10-18-16(13-14)9-12-19-17-6-4-3-5-15(17)8-11-20(18)19/h3-13H,2H2,1H3. The van der Waals surface area contributed by atoms with Crippen LogP contribution in [0.1, 0.15) is 12.5 Å². The molecule has 20 heavy (non-hydrogen) atoms. The molecule has 0 aliphatic rings. The molecule has 0 fully saturated rings. The molecule has 0 aliphatic carbocycles. The smallest absolute Gasteiger partial charge is 0.00990 e. The van der Waals surface area contributed by atoms with E-state index in [1.54, 1.807) is 0 Å². The summed E-state index contributed by atoms with van der Waals surface area (Å²) in [6.45, 7) is 2.20. The summed E-state index contributed by atoms with van der Waals surface area (Å²) in [4.78, 5) is 0. The van der Waals surface area contributed by atoms with E-state index in [-0.39, 0.29) is 0 Å². The second-order valence-electron chi connectivity index (χ2n) is 5.36. The van der Waals surface area contributed by atoms with Crippen molar-refractivity contribution in [1.29, 1.82) is 0 Å². The van der Waals surface area contributed by atoms with E-state index in [4.69, 9.17) is 0 Å². The number of hydrogen-bond donors (Lipinski definition) is 0. The summed E-state index contributed by atoms with van der Waals surface area (Å²) in [5.74, 6) is 0. The molecule has 96 valence electrons. The van der Waals surface area contributed by atoms with Gasteiger partial charge in [0.15, 0.2) is 0 Å². The number of benzene rings is 4. The summed E-state index contributed by atoms with van der Waals surface area (Å²) in [6.07, 6.45) is 1.09. The second-order valence-corrected chi connectivity index (χ2v) is 5.36. The maximum absolute atomic E-state index is 2.31. The molecule has 4 aromatic carbocycles. The molecule has 0 heteroatoms. The van der Waals surface area contributed by atoms with Gasteiger partial charge in [0.05, 0.1) is 0 Å². The maximum Gasteiger partial charge on any atom is -0.00990 e. The molecule has 4 aromatic rings. The number of aryl methyl sites for hydroxylation is 1. The van der Waals surface area contributed by atoms with E-state index in [2.05, 4.69) is 73.7 Å². The van der Waals surface area contributed by atoms with Gasteiger partial charge in [0.25, 0.3) is 0 Å². The lowest BCUT2D eigenvalue weighted by atomic mass is 9.96. The van der Waals surface area contributed by atoms with Crippen LogP contribution in [0.3, 0.4) is 0 Å². The van der Waals surface area contributed by atoms with E-state index in [1.807, 2.05) is 0 Å². The summed E-state index contributed by atoms with van der Waals surface area (Å²) in [7, 11) is 0. The van der Waals surface area contributed by atoms with Crippen molar-refractivity contribution in [2.24, 2.45) is 0 Å². The molecular formula is C20H16. The molecule has 0 unspecified atom stereocenters. The molecule has 0 atom stereocenters. The first kappa shape index (κ1) is 11.5. The maximum atomic E-state index is 2.31. The van der Waals surface area contributed by atoms with E-state index in [0.29, 0.717) is 0 Å². The molecule has 0 heterocycles. The molecule has 0 saturated heterocycles. The first-order chi connectivity index (χ1) is 9.86. The lowest BCUT2D eigenvalue weighted by Crippen LogP contribution is -1.83. The van der Waals surface area contributed by atoms with Crippen molar-refractivity contribution in [3.8, 4) is 0 Å². The highest BCUT2D eigenvalue weighted by Crippen LogP contribution is 2.31. The fraction of sp³-hybridized carbons (Fsp3) is 0.100. The summed E-state index contributed by atoms with van der Waals surface area (Å²) in [5.41, 5.74) is 1.40. The van der Waals surface area contributed by atoms with E-state index in [9.17, 15) is 0 Å². The molecule has 0 saturated carbocycles. The van der Waals surface area contributed by atoms with E-state index < -0.39 is 0 Å². The SMILES string of the molecule is CCc1ccc2c(ccc3c4ccccc4ccc23)c1. The van der Waals surface area contributed by atoms with Gasteiger partial charge in [0.2, 0.25) is 0 Å². The van der Waals surface area contributed by atoms with Crippen LogP contribution in [0.15, 0.2) is 66.7 Å². The first-order valence-corrected chi connectivity index (χ1v) is 7.20. The van der Waals surface area contributed by atoms with Crippen LogP contribution in [0.25, 0.3) is 32.3 Å². The van der Waals surface area contributed by atoms with Crippen molar-refractivity contribution < 1.29 is 0 Å². The molecule has 4 rings (SSSR count). The van der Waals surface area contributed by atoms with Gasteiger partial charge in [0, 0.05) is 0 Å². The highest BCUT2D eigenvalue weighted by Gasteiger charge is 2.04. The molecular weight excluding hydrogens is 240 g/mol. The Bertz CT molecular complexity index is 932.